The number of β-amino-alcohol motifs (C(OH)–C–C–N with tert-alkyl or cyclic N) is 1. The van der Waals surface area contributed by atoms with Gasteiger partial charge in [0, 0.05) is 32.5 Å². The molecule has 1 atom stereocenters. The normalized spacial score (nSPS) is 20.9. The number of carbonyl (C=O) groups is 1. The van der Waals surface area contributed by atoms with E-state index in [4.69, 9.17) is 0 Å². The molecule has 0 bridgehead atoms. The van der Waals surface area contributed by atoms with Crippen LogP contribution < -0.4 is 5.43 Å². The maximum absolute atomic E-state index is 11.1. The SMILES string of the molecule is O=C1CCC(C2=CCN(CC(O)c3ccccc3)CC2)=NN1. The maximum Gasteiger partial charge on any atom is 0.240 e. The highest BCUT2D eigenvalue weighted by Crippen LogP contribution is 2.20. The first-order valence-corrected chi connectivity index (χ1v) is 7.72. The van der Waals surface area contributed by atoms with Gasteiger partial charge in [-0.1, -0.05) is 36.4 Å². The Labute approximate surface area is 130 Å². The molecule has 5 nitrogen and oxygen atoms in total. The molecule has 0 radical (unpaired) electrons. The van der Waals surface area contributed by atoms with E-state index in [1.54, 1.807) is 0 Å². The van der Waals surface area contributed by atoms with Crippen molar-refractivity contribution >= 4 is 11.6 Å². The van der Waals surface area contributed by atoms with Gasteiger partial charge in [-0.05, 0) is 17.6 Å². The molecule has 0 saturated heterocycles. The Morgan fingerprint density at radius 2 is 2.05 bits per heavy atom. The molecule has 0 fully saturated rings. The van der Waals surface area contributed by atoms with Gasteiger partial charge in [0.2, 0.25) is 5.91 Å². The lowest BCUT2D eigenvalue weighted by atomic mass is 9.98. The van der Waals surface area contributed by atoms with E-state index < -0.39 is 6.10 Å². The van der Waals surface area contributed by atoms with Crippen molar-refractivity contribution in [1.29, 1.82) is 0 Å². The van der Waals surface area contributed by atoms with E-state index in [1.165, 1.54) is 5.57 Å². The molecule has 2 aliphatic heterocycles. The molecule has 3 rings (SSSR count). The highest BCUT2D eigenvalue weighted by atomic mass is 16.3. The molecule has 5 heteroatoms. The second-order valence-electron chi connectivity index (χ2n) is 5.76. The molecule has 0 aromatic heterocycles. The number of hydrogen-bond acceptors (Lipinski definition) is 4. The number of nitrogens with zero attached hydrogens (tertiary/aromatic N) is 2. The summed E-state index contributed by atoms with van der Waals surface area (Å²) in [6.07, 6.45) is 3.87. The summed E-state index contributed by atoms with van der Waals surface area (Å²) >= 11 is 0. The zero-order chi connectivity index (χ0) is 15.4. The molecular formula is C17H21N3O2. The maximum atomic E-state index is 11.1. The number of amides is 1. The van der Waals surface area contributed by atoms with Crippen molar-refractivity contribution in [2.24, 2.45) is 5.10 Å². The van der Waals surface area contributed by atoms with Crippen molar-refractivity contribution < 1.29 is 9.90 Å². The number of nitrogens with one attached hydrogen (secondary N) is 1. The molecule has 22 heavy (non-hydrogen) atoms. The quantitative estimate of drug-likeness (QED) is 0.888. The van der Waals surface area contributed by atoms with Crippen LogP contribution in [0.15, 0.2) is 47.1 Å². The van der Waals surface area contributed by atoms with Crippen LogP contribution in [0.25, 0.3) is 0 Å². The van der Waals surface area contributed by atoms with Crippen LogP contribution in [0.3, 0.4) is 0 Å². The van der Waals surface area contributed by atoms with Crippen LogP contribution in [0.2, 0.25) is 0 Å². The average Bonchev–Trinajstić information content (AvgIpc) is 2.57. The number of aliphatic hydroxyl groups is 1. The molecule has 1 amide bonds. The van der Waals surface area contributed by atoms with Gasteiger partial charge in [-0.15, -0.1) is 0 Å². The van der Waals surface area contributed by atoms with E-state index in [0.717, 1.165) is 37.2 Å². The third kappa shape index (κ3) is 3.61. The highest BCUT2D eigenvalue weighted by Gasteiger charge is 2.20. The summed E-state index contributed by atoms with van der Waals surface area (Å²) in [7, 11) is 0. The molecule has 1 aromatic carbocycles. The summed E-state index contributed by atoms with van der Waals surface area (Å²) in [6.45, 7) is 2.35. The van der Waals surface area contributed by atoms with Crippen LogP contribution in [-0.4, -0.2) is 41.3 Å². The van der Waals surface area contributed by atoms with Gasteiger partial charge in [-0.25, -0.2) is 5.43 Å². The number of aliphatic hydroxyl groups excluding tert-OH is 1. The topological polar surface area (TPSA) is 64.9 Å². The Morgan fingerprint density at radius 3 is 2.68 bits per heavy atom. The molecule has 0 aliphatic carbocycles. The lowest BCUT2D eigenvalue weighted by molar-refractivity contribution is -0.121. The Hall–Kier alpha value is -1.98. The molecule has 1 aromatic rings. The van der Waals surface area contributed by atoms with Crippen molar-refractivity contribution in [3.63, 3.8) is 0 Å². The van der Waals surface area contributed by atoms with Gasteiger partial charge in [0.05, 0.1) is 11.8 Å². The van der Waals surface area contributed by atoms with Crippen molar-refractivity contribution in [2.75, 3.05) is 19.6 Å². The van der Waals surface area contributed by atoms with Crippen LogP contribution in [0.1, 0.15) is 30.9 Å². The second-order valence-corrected chi connectivity index (χ2v) is 5.76. The predicted molar refractivity (Wildman–Crippen MR) is 85.4 cm³/mol. The Kier molecular flexibility index (Phi) is 4.65. The molecule has 2 N–H and O–H groups in total. The van der Waals surface area contributed by atoms with Gasteiger partial charge in [-0.3, -0.25) is 9.69 Å². The smallest absolute Gasteiger partial charge is 0.240 e. The molecule has 2 heterocycles. The zero-order valence-electron chi connectivity index (χ0n) is 12.5. The molecule has 0 saturated carbocycles. The first-order valence-electron chi connectivity index (χ1n) is 7.72. The molecular weight excluding hydrogens is 278 g/mol. The number of carbonyl (C=O) groups excluding carboxylic acids is 1. The Balaban J connectivity index is 1.56. The van der Waals surface area contributed by atoms with Crippen molar-refractivity contribution in [3.05, 3.63) is 47.5 Å². The number of benzene rings is 1. The van der Waals surface area contributed by atoms with E-state index in [9.17, 15) is 9.90 Å². The first kappa shape index (κ1) is 14.9. The standard InChI is InChI=1S/C17H21N3O2/c21-16(14-4-2-1-3-5-14)12-20-10-8-13(9-11-20)15-6-7-17(22)19-18-15/h1-5,8,16,21H,6-7,9-12H2,(H,19,22). The summed E-state index contributed by atoms with van der Waals surface area (Å²) in [5, 5.41) is 14.4. The fraction of sp³-hybridized carbons (Fsp3) is 0.412. The molecule has 2 aliphatic rings. The van der Waals surface area contributed by atoms with Crippen LogP contribution in [0, 0.1) is 0 Å². The fourth-order valence-electron chi connectivity index (χ4n) is 2.87. The monoisotopic (exact) mass is 299 g/mol. The Bertz CT molecular complexity index is 595. The zero-order valence-corrected chi connectivity index (χ0v) is 12.5. The first-order chi connectivity index (χ1) is 10.7. The molecule has 0 spiro atoms. The third-order valence-electron chi connectivity index (χ3n) is 4.18. The van der Waals surface area contributed by atoms with Gasteiger partial charge >= 0.3 is 0 Å². The van der Waals surface area contributed by atoms with Crippen molar-refractivity contribution in [2.45, 2.75) is 25.4 Å². The van der Waals surface area contributed by atoms with E-state index in [2.05, 4.69) is 21.5 Å². The summed E-state index contributed by atoms with van der Waals surface area (Å²) in [6, 6.07) is 9.75. The van der Waals surface area contributed by atoms with Gasteiger partial charge in [0.25, 0.3) is 0 Å². The van der Waals surface area contributed by atoms with Crippen LogP contribution >= 0.6 is 0 Å². The minimum Gasteiger partial charge on any atom is -0.387 e. The Morgan fingerprint density at radius 1 is 1.23 bits per heavy atom. The number of hydrazone groups is 1. The lowest BCUT2D eigenvalue weighted by Crippen LogP contribution is -2.35. The average molecular weight is 299 g/mol. The second kappa shape index (κ2) is 6.85. The summed E-state index contributed by atoms with van der Waals surface area (Å²) in [5.41, 5.74) is 5.73. The van der Waals surface area contributed by atoms with Gasteiger partial charge in [0.1, 0.15) is 0 Å². The van der Waals surface area contributed by atoms with E-state index in [1.807, 2.05) is 30.3 Å². The summed E-state index contributed by atoms with van der Waals surface area (Å²) in [4.78, 5) is 13.4. The minimum atomic E-state index is -0.456. The van der Waals surface area contributed by atoms with Crippen LogP contribution in [0.5, 0.6) is 0 Å². The molecule has 116 valence electrons. The van der Waals surface area contributed by atoms with E-state index in [-0.39, 0.29) is 5.91 Å². The van der Waals surface area contributed by atoms with Crippen LogP contribution in [-0.2, 0) is 4.79 Å². The van der Waals surface area contributed by atoms with Gasteiger partial charge in [0.15, 0.2) is 0 Å². The predicted octanol–water partition coefficient (Wildman–Crippen LogP) is 1.62. The summed E-state index contributed by atoms with van der Waals surface area (Å²) in [5.74, 6) is -0.00670. The third-order valence-corrected chi connectivity index (χ3v) is 4.18. The van der Waals surface area contributed by atoms with Gasteiger partial charge < -0.3 is 5.11 Å². The fourth-order valence-corrected chi connectivity index (χ4v) is 2.87. The summed E-state index contributed by atoms with van der Waals surface area (Å²) < 4.78 is 0. The number of hydrogen-bond donors (Lipinski definition) is 2. The van der Waals surface area contributed by atoms with Crippen molar-refractivity contribution in [1.82, 2.24) is 10.3 Å². The number of rotatable bonds is 4. The molecule has 1 unspecified atom stereocenters. The largest absolute Gasteiger partial charge is 0.387 e. The van der Waals surface area contributed by atoms with E-state index in [0.29, 0.717) is 13.0 Å². The van der Waals surface area contributed by atoms with Gasteiger partial charge in [-0.2, -0.15) is 5.10 Å². The van der Waals surface area contributed by atoms with Crippen LogP contribution in [0.4, 0.5) is 0 Å². The highest BCUT2D eigenvalue weighted by molar-refractivity contribution is 6.03. The van der Waals surface area contributed by atoms with Crippen molar-refractivity contribution in [3.8, 4) is 0 Å². The minimum absolute atomic E-state index is 0.00670. The van der Waals surface area contributed by atoms with E-state index >= 15 is 0 Å². The lowest BCUT2D eigenvalue weighted by Gasteiger charge is -2.29.